The van der Waals surface area contributed by atoms with E-state index in [4.69, 9.17) is 16.7 Å². The predicted octanol–water partition coefficient (Wildman–Crippen LogP) is 4.57. The van der Waals surface area contributed by atoms with Crippen molar-refractivity contribution < 1.29 is 5.11 Å². The molecule has 0 unspecified atom stereocenters. The Hall–Kier alpha value is -0.920. The van der Waals surface area contributed by atoms with Crippen LogP contribution in [-0.2, 0) is 11.5 Å². The van der Waals surface area contributed by atoms with Gasteiger partial charge in [-0.3, -0.25) is 0 Å². The summed E-state index contributed by atoms with van der Waals surface area (Å²) in [5, 5.41) is 11.5. The van der Waals surface area contributed by atoms with Crippen LogP contribution in [0.4, 0.5) is 0 Å². The van der Waals surface area contributed by atoms with E-state index in [1.165, 1.54) is 10.4 Å². The highest BCUT2D eigenvalue weighted by Crippen LogP contribution is 2.23. The number of halogens is 1. The largest absolute Gasteiger partial charge is 0.395 e. The van der Waals surface area contributed by atoms with Crippen molar-refractivity contribution in [3.05, 3.63) is 56.7 Å². The average Bonchev–Trinajstić information content (AvgIpc) is 2.89. The zero-order valence-corrected chi connectivity index (χ0v) is 13.3. The molecule has 1 nitrogen and oxygen atoms in total. The highest BCUT2D eigenvalue weighted by molar-refractivity contribution is 7.97. The number of thioether (sulfide) groups is 1. The van der Waals surface area contributed by atoms with E-state index in [1.807, 2.05) is 23.9 Å². The molecule has 1 aromatic heterocycles. The van der Waals surface area contributed by atoms with Gasteiger partial charge in [0.25, 0.3) is 0 Å². The molecule has 0 aliphatic heterocycles. The van der Waals surface area contributed by atoms with Crippen LogP contribution in [0.25, 0.3) is 0 Å². The number of hydrogen-bond donors (Lipinski definition) is 1. The Morgan fingerprint density at radius 2 is 2.00 bits per heavy atom. The number of thiophene rings is 1. The molecular formula is C16H15ClOS2. The van der Waals surface area contributed by atoms with Crippen LogP contribution in [0.3, 0.4) is 0 Å². The summed E-state index contributed by atoms with van der Waals surface area (Å²) in [6.07, 6.45) is 0.538. The Kier molecular flexibility index (Phi) is 6.49. The van der Waals surface area contributed by atoms with Crippen molar-refractivity contribution in [2.75, 3.05) is 6.61 Å². The van der Waals surface area contributed by atoms with Gasteiger partial charge in [0.2, 0.25) is 0 Å². The van der Waals surface area contributed by atoms with E-state index in [1.54, 1.807) is 11.3 Å². The van der Waals surface area contributed by atoms with Gasteiger partial charge in [-0.25, -0.2) is 0 Å². The Bertz CT molecular complexity index is 593. The average molecular weight is 323 g/mol. The molecule has 2 aromatic rings. The van der Waals surface area contributed by atoms with Crippen molar-refractivity contribution in [2.24, 2.45) is 0 Å². The van der Waals surface area contributed by atoms with Gasteiger partial charge in [0.15, 0.2) is 0 Å². The highest BCUT2D eigenvalue weighted by atomic mass is 35.5. The van der Waals surface area contributed by atoms with Crippen molar-refractivity contribution in [2.45, 2.75) is 17.9 Å². The Morgan fingerprint density at radius 1 is 1.20 bits per heavy atom. The van der Waals surface area contributed by atoms with Gasteiger partial charge in [-0.15, -0.1) is 11.3 Å². The first kappa shape index (κ1) is 15.5. The number of aliphatic hydroxyl groups excluding tert-OH is 1. The molecule has 20 heavy (non-hydrogen) atoms. The molecule has 0 atom stereocenters. The molecule has 0 saturated carbocycles. The zero-order valence-electron chi connectivity index (χ0n) is 10.9. The molecule has 0 amide bonds. The van der Waals surface area contributed by atoms with Gasteiger partial charge in [0, 0.05) is 38.8 Å². The van der Waals surface area contributed by atoms with Crippen LogP contribution >= 0.6 is 34.7 Å². The smallest absolute Gasteiger partial charge is 0.0540 e. The van der Waals surface area contributed by atoms with Crippen molar-refractivity contribution >= 4 is 34.7 Å². The summed E-state index contributed by atoms with van der Waals surface area (Å²) >= 11 is 9.49. The first-order chi connectivity index (χ1) is 9.78. The third-order valence-corrected chi connectivity index (χ3v) is 4.97. The van der Waals surface area contributed by atoms with Crippen LogP contribution in [0.2, 0.25) is 5.02 Å². The minimum atomic E-state index is 0.126. The molecule has 0 aliphatic rings. The van der Waals surface area contributed by atoms with E-state index in [-0.39, 0.29) is 6.61 Å². The molecule has 104 valence electrons. The molecule has 0 radical (unpaired) electrons. The Balaban J connectivity index is 1.80. The van der Waals surface area contributed by atoms with Crippen molar-refractivity contribution in [1.29, 1.82) is 0 Å². The minimum absolute atomic E-state index is 0.126. The van der Waals surface area contributed by atoms with Gasteiger partial charge in [-0.05, 0) is 23.8 Å². The zero-order chi connectivity index (χ0) is 14.2. The van der Waals surface area contributed by atoms with E-state index in [2.05, 4.69) is 35.4 Å². The molecule has 1 aromatic carbocycles. The van der Waals surface area contributed by atoms with Crippen LogP contribution in [0, 0.1) is 11.8 Å². The summed E-state index contributed by atoms with van der Waals surface area (Å²) in [5.41, 5.74) is 2.34. The molecule has 0 fully saturated rings. The second kappa shape index (κ2) is 8.39. The van der Waals surface area contributed by atoms with Crippen LogP contribution in [0.1, 0.15) is 22.4 Å². The van der Waals surface area contributed by atoms with E-state index < -0.39 is 0 Å². The van der Waals surface area contributed by atoms with Crippen LogP contribution in [0.15, 0.2) is 35.7 Å². The maximum Gasteiger partial charge on any atom is 0.0540 e. The molecule has 1 N–H and O–H groups in total. The Morgan fingerprint density at radius 3 is 2.75 bits per heavy atom. The molecule has 4 heteroatoms. The van der Waals surface area contributed by atoms with Gasteiger partial charge in [0.05, 0.1) is 6.61 Å². The van der Waals surface area contributed by atoms with Crippen LogP contribution < -0.4 is 0 Å². The third-order valence-electron chi connectivity index (χ3n) is 2.55. The van der Waals surface area contributed by atoms with E-state index in [0.717, 1.165) is 22.1 Å². The number of rotatable bonds is 5. The Labute approximate surface area is 133 Å². The van der Waals surface area contributed by atoms with Gasteiger partial charge >= 0.3 is 0 Å². The third kappa shape index (κ3) is 5.22. The summed E-state index contributed by atoms with van der Waals surface area (Å²) in [7, 11) is 0. The second-order valence-electron chi connectivity index (χ2n) is 4.20. The predicted molar refractivity (Wildman–Crippen MR) is 89.4 cm³/mol. The van der Waals surface area contributed by atoms with Crippen molar-refractivity contribution in [3.8, 4) is 11.8 Å². The first-order valence-electron chi connectivity index (χ1n) is 6.27. The van der Waals surface area contributed by atoms with Crippen molar-refractivity contribution in [3.63, 3.8) is 0 Å². The molecule has 1 heterocycles. The first-order valence-corrected chi connectivity index (χ1v) is 8.68. The monoisotopic (exact) mass is 322 g/mol. The second-order valence-corrected chi connectivity index (χ2v) is 6.61. The fourth-order valence-corrected chi connectivity index (χ4v) is 3.66. The lowest BCUT2D eigenvalue weighted by molar-refractivity contribution is 0.305. The number of benzene rings is 1. The van der Waals surface area contributed by atoms with E-state index in [9.17, 15) is 0 Å². The molecule has 0 bridgehead atoms. The van der Waals surface area contributed by atoms with Crippen LogP contribution in [-0.4, -0.2) is 11.7 Å². The SMILES string of the molecule is OCCC#Cc1csc(CSCc2ccc(Cl)cc2)c1. The molecule has 0 saturated heterocycles. The van der Waals surface area contributed by atoms with Gasteiger partial charge in [0.1, 0.15) is 0 Å². The fraction of sp³-hybridized carbons (Fsp3) is 0.250. The van der Waals surface area contributed by atoms with Gasteiger partial charge in [-0.2, -0.15) is 11.8 Å². The molecule has 2 rings (SSSR count). The quantitative estimate of drug-likeness (QED) is 0.814. The summed E-state index contributed by atoms with van der Waals surface area (Å²) < 4.78 is 0. The molecular weight excluding hydrogens is 308 g/mol. The molecule has 0 aliphatic carbocycles. The summed E-state index contributed by atoms with van der Waals surface area (Å²) in [4.78, 5) is 1.33. The lowest BCUT2D eigenvalue weighted by Crippen LogP contribution is -1.80. The summed E-state index contributed by atoms with van der Waals surface area (Å²) in [6, 6.07) is 10.1. The summed E-state index contributed by atoms with van der Waals surface area (Å²) in [5.74, 6) is 7.98. The van der Waals surface area contributed by atoms with Crippen LogP contribution in [0.5, 0.6) is 0 Å². The minimum Gasteiger partial charge on any atom is -0.395 e. The number of aliphatic hydroxyl groups is 1. The molecule has 0 spiro atoms. The topological polar surface area (TPSA) is 20.2 Å². The summed E-state index contributed by atoms with van der Waals surface area (Å²) in [6.45, 7) is 0.126. The lowest BCUT2D eigenvalue weighted by atomic mass is 10.2. The lowest BCUT2D eigenvalue weighted by Gasteiger charge is -2.00. The van der Waals surface area contributed by atoms with Gasteiger partial charge < -0.3 is 5.11 Å². The van der Waals surface area contributed by atoms with Gasteiger partial charge in [-0.1, -0.05) is 35.6 Å². The van der Waals surface area contributed by atoms with Crippen molar-refractivity contribution in [1.82, 2.24) is 0 Å². The maximum atomic E-state index is 8.68. The standard InChI is InChI=1S/C16H15ClOS2/c17-15-6-4-13(5-7-15)10-19-12-16-9-14(11-20-16)3-1-2-8-18/h4-7,9,11,18H,2,8,10,12H2. The van der Waals surface area contributed by atoms with E-state index >= 15 is 0 Å². The fourth-order valence-electron chi connectivity index (χ4n) is 1.59. The highest BCUT2D eigenvalue weighted by Gasteiger charge is 1.99. The normalized spacial score (nSPS) is 10.1. The van der Waals surface area contributed by atoms with E-state index in [0.29, 0.717) is 6.42 Å². The number of hydrogen-bond acceptors (Lipinski definition) is 3. The maximum absolute atomic E-state index is 8.68.